The SMILES string of the molecule is Cc1cncc(C(=O)NCC(C)CCl)c1. The predicted octanol–water partition coefficient (Wildman–Crippen LogP) is 1.99. The molecule has 0 aliphatic rings. The van der Waals surface area contributed by atoms with E-state index >= 15 is 0 Å². The highest BCUT2D eigenvalue weighted by Gasteiger charge is 2.07. The number of aromatic nitrogens is 1. The number of carbonyl (C=O) groups excluding carboxylic acids is 1. The van der Waals surface area contributed by atoms with Gasteiger partial charge in [-0.2, -0.15) is 0 Å². The van der Waals surface area contributed by atoms with Gasteiger partial charge in [0.15, 0.2) is 0 Å². The van der Waals surface area contributed by atoms with Crippen LogP contribution in [0.25, 0.3) is 0 Å². The summed E-state index contributed by atoms with van der Waals surface area (Å²) in [5, 5.41) is 2.81. The van der Waals surface area contributed by atoms with Crippen molar-refractivity contribution >= 4 is 17.5 Å². The zero-order chi connectivity index (χ0) is 11.3. The third kappa shape index (κ3) is 3.88. The fraction of sp³-hybridized carbons (Fsp3) is 0.455. The van der Waals surface area contributed by atoms with E-state index in [-0.39, 0.29) is 11.8 Å². The molecule has 4 heteroatoms. The number of alkyl halides is 1. The monoisotopic (exact) mass is 226 g/mol. The average Bonchev–Trinajstić information content (AvgIpc) is 2.25. The maximum absolute atomic E-state index is 11.6. The molecule has 0 saturated heterocycles. The first-order valence-electron chi connectivity index (χ1n) is 4.89. The van der Waals surface area contributed by atoms with E-state index in [0.29, 0.717) is 18.0 Å². The first-order valence-corrected chi connectivity index (χ1v) is 5.42. The number of nitrogens with zero attached hydrogens (tertiary/aromatic N) is 1. The van der Waals surface area contributed by atoms with Crippen LogP contribution in [0.3, 0.4) is 0 Å². The van der Waals surface area contributed by atoms with Crippen molar-refractivity contribution in [2.24, 2.45) is 5.92 Å². The molecule has 1 amide bonds. The van der Waals surface area contributed by atoms with Gasteiger partial charge < -0.3 is 5.32 Å². The van der Waals surface area contributed by atoms with Gasteiger partial charge in [-0.25, -0.2) is 0 Å². The molecule has 1 rings (SSSR count). The lowest BCUT2D eigenvalue weighted by atomic mass is 10.2. The molecule has 1 aromatic rings. The van der Waals surface area contributed by atoms with Crippen molar-refractivity contribution in [2.75, 3.05) is 12.4 Å². The van der Waals surface area contributed by atoms with Crippen LogP contribution in [0.15, 0.2) is 18.5 Å². The normalized spacial score (nSPS) is 12.2. The van der Waals surface area contributed by atoms with Gasteiger partial charge >= 0.3 is 0 Å². The molecule has 1 aromatic heterocycles. The van der Waals surface area contributed by atoms with Gasteiger partial charge in [-0.3, -0.25) is 9.78 Å². The molecule has 3 nitrogen and oxygen atoms in total. The summed E-state index contributed by atoms with van der Waals surface area (Å²) < 4.78 is 0. The third-order valence-corrected chi connectivity index (χ3v) is 2.54. The minimum absolute atomic E-state index is 0.0943. The number of rotatable bonds is 4. The van der Waals surface area contributed by atoms with Crippen LogP contribution < -0.4 is 5.32 Å². The van der Waals surface area contributed by atoms with Crippen molar-refractivity contribution in [3.8, 4) is 0 Å². The average molecular weight is 227 g/mol. The highest BCUT2D eigenvalue weighted by Crippen LogP contribution is 2.02. The van der Waals surface area contributed by atoms with Crippen molar-refractivity contribution in [3.05, 3.63) is 29.6 Å². The van der Waals surface area contributed by atoms with Crippen LogP contribution >= 0.6 is 11.6 Å². The molecule has 0 aromatic carbocycles. The first-order chi connectivity index (χ1) is 7.13. The summed E-state index contributed by atoms with van der Waals surface area (Å²) in [5.41, 5.74) is 1.57. The Labute approximate surface area is 94.9 Å². The van der Waals surface area contributed by atoms with Gasteiger partial charge in [0, 0.05) is 24.8 Å². The second kappa shape index (κ2) is 5.71. The molecule has 0 saturated carbocycles. The number of halogens is 1. The predicted molar refractivity (Wildman–Crippen MR) is 61.2 cm³/mol. The Morgan fingerprint density at radius 1 is 1.60 bits per heavy atom. The molecule has 1 heterocycles. The van der Waals surface area contributed by atoms with Crippen LogP contribution in [0, 0.1) is 12.8 Å². The summed E-state index contributed by atoms with van der Waals surface area (Å²) in [6.45, 7) is 4.49. The Bertz CT molecular complexity index is 341. The van der Waals surface area contributed by atoms with E-state index in [1.165, 1.54) is 0 Å². The number of hydrogen-bond donors (Lipinski definition) is 1. The standard InChI is InChI=1S/C11H15ClN2O/c1-8-3-10(7-13-5-8)11(15)14-6-9(2)4-12/h3,5,7,9H,4,6H2,1-2H3,(H,14,15). The zero-order valence-electron chi connectivity index (χ0n) is 8.96. The number of nitrogens with one attached hydrogen (secondary N) is 1. The summed E-state index contributed by atoms with van der Waals surface area (Å²) in [6, 6.07) is 1.81. The minimum Gasteiger partial charge on any atom is -0.352 e. The summed E-state index contributed by atoms with van der Waals surface area (Å²) in [6.07, 6.45) is 3.28. The maximum atomic E-state index is 11.6. The van der Waals surface area contributed by atoms with E-state index in [1.807, 2.05) is 19.9 Å². The van der Waals surface area contributed by atoms with Gasteiger partial charge in [0.2, 0.25) is 0 Å². The van der Waals surface area contributed by atoms with Gasteiger partial charge in [-0.05, 0) is 24.5 Å². The van der Waals surface area contributed by atoms with E-state index in [0.717, 1.165) is 5.56 Å². The third-order valence-electron chi connectivity index (χ3n) is 2.01. The van der Waals surface area contributed by atoms with Crippen LogP contribution in [0.5, 0.6) is 0 Å². The quantitative estimate of drug-likeness (QED) is 0.798. The topological polar surface area (TPSA) is 42.0 Å². The van der Waals surface area contributed by atoms with Crippen LogP contribution in [0.1, 0.15) is 22.8 Å². The van der Waals surface area contributed by atoms with Crippen molar-refractivity contribution in [2.45, 2.75) is 13.8 Å². The fourth-order valence-corrected chi connectivity index (χ4v) is 1.21. The number of hydrogen-bond acceptors (Lipinski definition) is 2. The van der Waals surface area contributed by atoms with E-state index in [2.05, 4.69) is 10.3 Å². The molecule has 0 radical (unpaired) electrons. The Hall–Kier alpha value is -1.09. The number of aryl methyl sites for hydroxylation is 1. The van der Waals surface area contributed by atoms with Crippen LogP contribution in [-0.2, 0) is 0 Å². The lowest BCUT2D eigenvalue weighted by Gasteiger charge is -2.09. The van der Waals surface area contributed by atoms with Gasteiger partial charge in [0.25, 0.3) is 5.91 Å². The molecule has 1 unspecified atom stereocenters. The van der Waals surface area contributed by atoms with Gasteiger partial charge in [0.05, 0.1) is 5.56 Å². The van der Waals surface area contributed by atoms with Crippen LogP contribution in [-0.4, -0.2) is 23.3 Å². The van der Waals surface area contributed by atoms with Crippen molar-refractivity contribution in [3.63, 3.8) is 0 Å². The van der Waals surface area contributed by atoms with Crippen molar-refractivity contribution in [1.82, 2.24) is 10.3 Å². The summed E-state index contributed by atoms with van der Waals surface area (Å²) in [5.74, 6) is 0.739. The summed E-state index contributed by atoms with van der Waals surface area (Å²) in [4.78, 5) is 15.6. The van der Waals surface area contributed by atoms with E-state index in [9.17, 15) is 4.79 Å². The minimum atomic E-state index is -0.0943. The van der Waals surface area contributed by atoms with E-state index < -0.39 is 0 Å². The first kappa shape index (κ1) is 12.0. The Morgan fingerprint density at radius 3 is 2.93 bits per heavy atom. The van der Waals surface area contributed by atoms with Gasteiger partial charge in [-0.1, -0.05) is 6.92 Å². The van der Waals surface area contributed by atoms with E-state index in [4.69, 9.17) is 11.6 Å². The Kier molecular flexibility index (Phi) is 4.56. The van der Waals surface area contributed by atoms with Gasteiger partial charge in [0.1, 0.15) is 0 Å². The highest BCUT2D eigenvalue weighted by molar-refractivity contribution is 6.18. The summed E-state index contributed by atoms with van der Waals surface area (Å²) >= 11 is 5.64. The number of pyridine rings is 1. The molecule has 1 atom stereocenters. The van der Waals surface area contributed by atoms with Gasteiger partial charge in [-0.15, -0.1) is 11.6 Å². The number of amides is 1. The van der Waals surface area contributed by atoms with Crippen molar-refractivity contribution < 1.29 is 4.79 Å². The molecule has 0 aliphatic heterocycles. The molecule has 0 bridgehead atoms. The molecule has 0 spiro atoms. The largest absolute Gasteiger partial charge is 0.352 e. The lowest BCUT2D eigenvalue weighted by molar-refractivity contribution is 0.0949. The molecule has 0 fully saturated rings. The smallest absolute Gasteiger partial charge is 0.252 e. The van der Waals surface area contributed by atoms with Crippen LogP contribution in [0.4, 0.5) is 0 Å². The molecule has 82 valence electrons. The lowest BCUT2D eigenvalue weighted by Crippen LogP contribution is -2.28. The molecule has 15 heavy (non-hydrogen) atoms. The Morgan fingerprint density at radius 2 is 2.33 bits per heavy atom. The molecular formula is C11H15ClN2O. The number of carbonyl (C=O) groups is 1. The second-order valence-electron chi connectivity index (χ2n) is 3.72. The van der Waals surface area contributed by atoms with Crippen molar-refractivity contribution in [1.29, 1.82) is 0 Å². The Balaban J connectivity index is 2.54. The second-order valence-corrected chi connectivity index (χ2v) is 4.03. The molecular weight excluding hydrogens is 212 g/mol. The molecule has 0 aliphatic carbocycles. The maximum Gasteiger partial charge on any atom is 0.252 e. The van der Waals surface area contributed by atoms with E-state index in [1.54, 1.807) is 12.4 Å². The molecule has 1 N–H and O–H groups in total. The summed E-state index contributed by atoms with van der Waals surface area (Å²) in [7, 11) is 0. The highest BCUT2D eigenvalue weighted by atomic mass is 35.5. The van der Waals surface area contributed by atoms with Crippen LogP contribution in [0.2, 0.25) is 0 Å². The fourth-order valence-electron chi connectivity index (χ4n) is 1.10. The zero-order valence-corrected chi connectivity index (χ0v) is 9.71.